The number of carbonyl (C=O) groups is 2. The molecule has 1 heterocycles. The molecule has 0 radical (unpaired) electrons. The highest BCUT2D eigenvalue weighted by Gasteiger charge is 2.48. The van der Waals surface area contributed by atoms with Crippen LogP contribution in [0.25, 0.3) is 0 Å². The summed E-state index contributed by atoms with van der Waals surface area (Å²) in [5, 5.41) is 9.65. The molecule has 1 aromatic rings. The van der Waals surface area contributed by atoms with Crippen molar-refractivity contribution in [2.45, 2.75) is 52.5 Å². The van der Waals surface area contributed by atoms with Gasteiger partial charge < -0.3 is 5.11 Å². The Labute approximate surface area is 156 Å². The number of carboxylic acid groups (broad SMARTS) is 1. The molecule has 1 aliphatic rings. The fourth-order valence-electron chi connectivity index (χ4n) is 3.52. The zero-order chi connectivity index (χ0) is 19.3. The number of aliphatic carboxylic acids is 1. The number of hydrogen-bond acceptors (Lipinski definition) is 3. The molecule has 4 nitrogen and oxygen atoms in total. The fraction of sp³-hybridized carbons (Fsp3) is 0.500. The smallest absolute Gasteiger partial charge is 0.307 e. The standard InChI is InChI=1S/C22H29NO3/c1-15(2)10-11-22(13-17-8-6-5-7-9-17)20(24)19(14-23-22)18(21(25)26)12-16(3)4/h5-10,14,16,18-19H,11-13H2,1-4H3,(H,25,26)/t18?,19?,22-/m0/s1. The van der Waals surface area contributed by atoms with Gasteiger partial charge in [0.05, 0.1) is 11.8 Å². The van der Waals surface area contributed by atoms with Crippen molar-refractivity contribution in [3.05, 3.63) is 47.5 Å². The largest absolute Gasteiger partial charge is 0.481 e. The van der Waals surface area contributed by atoms with Crippen LogP contribution < -0.4 is 0 Å². The Morgan fingerprint density at radius 1 is 1.27 bits per heavy atom. The van der Waals surface area contributed by atoms with Crippen molar-refractivity contribution in [2.24, 2.45) is 22.7 Å². The normalized spacial score (nSPS) is 23.3. The Bertz CT molecular complexity index is 701. The molecule has 1 aromatic carbocycles. The van der Waals surface area contributed by atoms with Crippen LogP contribution in [0.3, 0.4) is 0 Å². The van der Waals surface area contributed by atoms with Gasteiger partial charge in [-0.3, -0.25) is 14.6 Å². The third-order valence-electron chi connectivity index (χ3n) is 4.91. The molecule has 3 atom stereocenters. The molecule has 0 saturated heterocycles. The molecule has 4 heteroatoms. The van der Waals surface area contributed by atoms with Gasteiger partial charge in [-0.05, 0) is 38.2 Å². The number of carboxylic acids is 1. The number of aliphatic imine (C=N–C) groups is 1. The van der Waals surface area contributed by atoms with E-state index in [1.807, 2.05) is 64.1 Å². The summed E-state index contributed by atoms with van der Waals surface area (Å²) in [6.07, 6.45) is 5.10. The van der Waals surface area contributed by atoms with Crippen LogP contribution in [0, 0.1) is 17.8 Å². The lowest BCUT2D eigenvalue weighted by Gasteiger charge is -2.27. The molecule has 2 unspecified atom stereocenters. The lowest BCUT2D eigenvalue weighted by atomic mass is 9.76. The van der Waals surface area contributed by atoms with E-state index in [1.54, 1.807) is 6.21 Å². The van der Waals surface area contributed by atoms with Crippen LogP contribution in [0.4, 0.5) is 0 Å². The summed E-state index contributed by atoms with van der Waals surface area (Å²) in [5.41, 5.74) is 1.27. The highest BCUT2D eigenvalue weighted by molar-refractivity contribution is 6.08. The van der Waals surface area contributed by atoms with Gasteiger partial charge in [0.25, 0.3) is 0 Å². The zero-order valence-corrected chi connectivity index (χ0v) is 16.1. The molecular weight excluding hydrogens is 326 g/mol. The van der Waals surface area contributed by atoms with Crippen LogP contribution in [0.2, 0.25) is 0 Å². The van der Waals surface area contributed by atoms with Gasteiger partial charge in [-0.1, -0.05) is 55.8 Å². The van der Waals surface area contributed by atoms with Crippen molar-refractivity contribution in [1.29, 1.82) is 0 Å². The minimum atomic E-state index is -0.916. The maximum atomic E-state index is 13.4. The molecule has 0 fully saturated rings. The summed E-state index contributed by atoms with van der Waals surface area (Å²) >= 11 is 0. The molecule has 0 amide bonds. The van der Waals surface area contributed by atoms with Crippen molar-refractivity contribution < 1.29 is 14.7 Å². The van der Waals surface area contributed by atoms with Crippen LogP contribution in [0.15, 0.2) is 47.0 Å². The second kappa shape index (κ2) is 8.43. The van der Waals surface area contributed by atoms with Crippen molar-refractivity contribution in [3.63, 3.8) is 0 Å². The quantitative estimate of drug-likeness (QED) is 0.705. The second-order valence-corrected chi connectivity index (χ2v) is 7.92. The summed E-state index contributed by atoms with van der Waals surface area (Å²) in [6.45, 7) is 7.95. The molecule has 0 spiro atoms. The molecular formula is C22H29NO3. The monoisotopic (exact) mass is 355 g/mol. The summed E-state index contributed by atoms with van der Waals surface area (Å²) in [5.74, 6) is -2.13. The highest BCUT2D eigenvalue weighted by Crippen LogP contribution is 2.36. The number of allylic oxidation sites excluding steroid dienone is 1. The lowest BCUT2D eigenvalue weighted by molar-refractivity contribution is -0.146. The van der Waals surface area contributed by atoms with Crippen molar-refractivity contribution in [2.75, 3.05) is 0 Å². The first-order valence-electron chi connectivity index (χ1n) is 9.25. The predicted octanol–water partition coefficient (Wildman–Crippen LogP) is 4.34. The first-order chi connectivity index (χ1) is 12.2. The predicted molar refractivity (Wildman–Crippen MR) is 104 cm³/mol. The summed E-state index contributed by atoms with van der Waals surface area (Å²) in [7, 11) is 0. The third kappa shape index (κ3) is 4.69. The first-order valence-corrected chi connectivity index (χ1v) is 9.25. The SMILES string of the molecule is CC(C)=CC[C@@]1(Cc2ccccc2)N=CC(C(CC(C)C)C(=O)O)C1=O. The fourth-order valence-corrected chi connectivity index (χ4v) is 3.52. The van der Waals surface area contributed by atoms with Crippen LogP contribution in [0.5, 0.6) is 0 Å². The number of carbonyl (C=O) groups excluding carboxylic acids is 1. The number of ketones is 1. The van der Waals surface area contributed by atoms with Gasteiger partial charge in [0.15, 0.2) is 5.78 Å². The maximum absolute atomic E-state index is 13.4. The first kappa shape index (κ1) is 20.1. The van der Waals surface area contributed by atoms with Gasteiger partial charge in [-0.15, -0.1) is 0 Å². The Kier molecular flexibility index (Phi) is 6.52. The number of nitrogens with zero attached hydrogens (tertiary/aromatic N) is 1. The zero-order valence-electron chi connectivity index (χ0n) is 16.1. The van der Waals surface area contributed by atoms with Gasteiger partial charge in [0.1, 0.15) is 5.54 Å². The van der Waals surface area contributed by atoms with Crippen LogP contribution in [0.1, 0.15) is 46.1 Å². The lowest BCUT2D eigenvalue weighted by Crippen LogP contribution is -2.42. The van der Waals surface area contributed by atoms with Crippen LogP contribution >= 0.6 is 0 Å². The number of rotatable bonds is 8. The molecule has 0 bridgehead atoms. The average molecular weight is 355 g/mol. The molecule has 0 aromatic heterocycles. The maximum Gasteiger partial charge on any atom is 0.307 e. The van der Waals surface area contributed by atoms with E-state index in [2.05, 4.69) is 4.99 Å². The van der Waals surface area contributed by atoms with E-state index in [4.69, 9.17) is 0 Å². The Morgan fingerprint density at radius 3 is 2.46 bits per heavy atom. The van der Waals surface area contributed by atoms with E-state index in [0.717, 1.165) is 11.1 Å². The third-order valence-corrected chi connectivity index (χ3v) is 4.91. The summed E-state index contributed by atoms with van der Waals surface area (Å²) < 4.78 is 0. The Morgan fingerprint density at radius 2 is 1.92 bits per heavy atom. The van der Waals surface area contributed by atoms with E-state index < -0.39 is 23.3 Å². The van der Waals surface area contributed by atoms with E-state index >= 15 is 0 Å². The van der Waals surface area contributed by atoms with Gasteiger partial charge in [0, 0.05) is 12.6 Å². The van der Waals surface area contributed by atoms with Gasteiger partial charge in [-0.2, -0.15) is 0 Å². The minimum absolute atomic E-state index is 0.0631. The van der Waals surface area contributed by atoms with Crippen LogP contribution in [-0.4, -0.2) is 28.6 Å². The van der Waals surface area contributed by atoms with Gasteiger partial charge in [0.2, 0.25) is 0 Å². The van der Waals surface area contributed by atoms with E-state index in [-0.39, 0.29) is 11.7 Å². The highest BCUT2D eigenvalue weighted by atomic mass is 16.4. The molecule has 1 N–H and O–H groups in total. The summed E-state index contributed by atoms with van der Waals surface area (Å²) in [4.78, 5) is 29.8. The van der Waals surface area contributed by atoms with Crippen molar-refractivity contribution in [3.8, 4) is 0 Å². The number of Topliss-reactive ketones (excluding diaryl/α,β-unsaturated/α-hetero) is 1. The van der Waals surface area contributed by atoms with E-state index in [9.17, 15) is 14.7 Å². The Hall–Kier alpha value is -2.23. The number of hydrogen-bond donors (Lipinski definition) is 1. The molecule has 2 rings (SSSR count). The second-order valence-electron chi connectivity index (χ2n) is 7.92. The molecule has 0 saturated carbocycles. The molecule has 140 valence electrons. The van der Waals surface area contributed by atoms with Crippen molar-refractivity contribution >= 4 is 18.0 Å². The molecule has 0 aliphatic carbocycles. The van der Waals surface area contributed by atoms with Crippen LogP contribution in [-0.2, 0) is 16.0 Å². The van der Waals surface area contributed by atoms with Gasteiger partial charge >= 0.3 is 5.97 Å². The molecule has 1 aliphatic heterocycles. The van der Waals surface area contributed by atoms with E-state index in [0.29, 0.717) is 19.3 Å². The van der Waals surface area contributed by atoms with Gasteiger partial charge in [-0.25, -0.2) is 0 Å². The van der Waals surface area contributed by atoms with E-state index in [1.165, 1.54) is 0 Å². The average Bonchev–Trinajstić information content (AvgIpc) is 2.88. The minimum Gasteiger partial charge on any atom is -0.481 e. The van der Waals surface area contributed by atoms with Crippen molar-refractivity contribution in [1.82, 2.24) is 0 Å². The Balaban J connectivity index is 2.34. The number of benzene rings is 1. The molecule has 26 heavy (non-hydrogen) atoms. The summed E-state index contributed by atoms with van der Waals surface area (Å²) in [6, 6.07) is 9.82. The topological polar surface area (TPSA) is 66.7 Å².